The standard InChI is InChI=1S/C11H9BrFNS/c12-11-9(5-14)10(6-15-11)7-2-1-3-8(13)4-7/h1-4,6H,5,14H2. The molecule has 4 heteroatoms. The van der Waals surface area contributed by atoms with Gasteiger partial charge in [-0.05, 0) is 44.8 Å². The van der Waals surface area contributed by atoms with Crippen molar-refractivity contribution in [3.63, 3.8) is 0 Å². The minimum atomic E-state index is -0.224. The Morgan fingerprint density at radius 3 is 2.87 bits per heavy atom. The molecule has 0 fully saturated rings. The molecule has 1 aromatic carbocycles. The second kappa shape index (κ2) is 4.43. The van der Waals surface area contributed by atoms with Gasteiger partial charge in [0.15, 0.2) is 0 Å². The molecular formula is C11H9BrFNS. The van der Waals surface area contributed by atoms with Crippen LogP contribution in [0.4, 0.5) is 4.39 Å². The third-order valence-corrected chi connectivity index (χ3v) is 4.03. The highest BCUT2D eigenvalue weighted by atomic mass is 79.9. The quantitative estimate of drug-likeness (QED) is 0.893. The van der Waals surface area contributed by atoms with E-state index in [-0.39, 0.29) is 5.82 Å². The van der Waals surface area contributed by atoms with Gasteiger partial charge in [-0.15, -0.1) is 11.3 Å². The van der Waals surface area contributed by atoms with Gasteiger partial charge in [0.25, 0.3) is 0 Å². The topological polar surface area (TPSA) is 26.0 Å². The van der Waals surface area contributed by atoms with Gasteiger partial charge in [0.1, 0.15) is 5.82 Å². The molecule has 1 nitrogen and oxygen atoms in total. The molecule has 15 heavy (non-hydrogen) atoms. The molecule has 2 aromatic rings. The summed E-state index contributed by atoms with van der Waals surface area (Å²) in [4.78, 5) is 0. The van der Waals surface area contributed by atoms with E-state index >= 15 is 0 Å². The third-order valence-electron chi connectivity index (χ3n) is 2.18. The van der Waals surface area contributed by atoms with Crippen LogP contribution in [0.3, 0.4) is 0 Å². The summed E-state index contributed by atoms with van der Waals surface area (Å²) in [5.41, 5.74) is 8.57. The molecular weight excluding hydrogens is 277 g/mol. The largest absolute Gasteiger partial charge is 0.326 e. The Labute approximate surface area is 99.9 Å². The van der Waals surface area contributed by atoms with Gasteiger partial charge in [-0.3, -0.25) is 0 Å². The Bertz CT molecular complexity index is 481. The Hall–Kier alpha value is -0.710. The Morgan fingerprint density at radius 1 is 1.40 bits per heavy atom. The zero-order valence-electron chi connectivity index (χ0n) is 7.84. The molecule has 0 saturated carbocycles. The third kappa shape index (κ3) is 2.12. The fraction of sp³-hybridized carbons (Fsp3) is 0.0909. The van der Waals surface area contributed by atoms with Crippen molar-refractivity contribution < 1.29 is 4.39 Å². The Balaban J connectivity index is 2.54. The van der Waals surface area contributed by atoms with Gasteiger partial charge >= 0.3 is 0 Å². The molecule has 0 amide bonds. The SMILES string of the molecule is NCc1c(-c2cccc(F)c2)csc1Br. The number of hydrogen-bond donors (Lipinski definition) is 1. The first kappa shape index (κ1) is 10.8. The van der Waals surface area contributed by atoms with Crippen molar-refractivity contribution in [3.05, 3.63) is 44.8 Å². The molecule has 0 aliphatic heterocycles. The van der Waals surface area contributed by atoms with Crippen LogP contribution in [0, 0.1) is 5.82 Å². The maximum atomic E-state index is 13.1. The zero-order chi connectivity index (χ0) is 10.8. The highest BCUT2D eigenvalue weighted by molar-refractivity contribution is 9.11. The first-order valence-electron chi connectivity index (χ1n) is 4.44. The molecule has 2 rings (SSSR count). The van der Waals surface area contributed by atoms with Gasteiger partial charge in [-0.2, -0.15) is 0 Å². The molecule has 0 aliphatic carbocycles. The molecule has 0 saturated heterocycles. The minimum Gasteiger partial charge on any atom is -0.326 e. The van der Waals surface area contributed by atoms with E-state index in [4.69, 9.17) is 5.73 Å². The lowest BCUT2D eigenvalue weighted by Crippen LogP contribution is -1.97. The highest BCUT2D eigenvalue weighted by Crippen LogP contribution is 2.35. The maximum Gasteiger partial charge on any atom is 0.123 e. The normalized spacial score (nSPS) is 10.6. The molecule has 1 heterocycles. The van der Waals surface area contributed by atoms with Gasteiger partial charge in [-0.1, -0.05) is 12.1 Å². The van der Waals surface area contributed by atoms with Crippen LogP contribution in [0.15, 0.2) is 33.4 Å². The van der Waals surface area contributed by atoms with Crippen LogP contribution in [0.2, 0.25) is 0 Å². The summed E-state index contributed by atoms with van der Waals surface area (Å²) >= 11 is 5.01. The molecule has 0 bridgehead atoms. The fourth-order valence-corrected chi connectivity index (χ4v) is 2.94. The lowest BCUT2D eigenvalue weighted by molar-refractivity contribution is 0.628. The molecule has 0 aliphatic rings. The minimum absolute atomic E-state index is 0.224. The van der Waals surface area contributed by atoms with E-state index in [0.717, 1.165) is 20.5 Å². The number of benzene rings is 1. The summed E-state index contributed by atoms with van der Waals surface area (Å²) < 4.78 is 14.1. The predicted octanol–water partition coefficient (Wildman–Crippen LogP) is 3.78. The van der Waals surface area contributed by atoms with Crippen LogP contribution < -0.4 is 5.73 Å². The van der Waals surface area contributed by atoms with E-state index in [1.54, 1.807) is 17.4 Å². The molecule has 0 spiro atoms. The summed E-state index contributed by atoms with van der Waals surface area (Å²) in [5, 5.41) is 1.99. The second-order valence-electron chi connectivity index (χ2n) is 3.12. The van der Waals surface area contributed by atoms with Gasteiger partial charge in [-0.25, -0.2) is 4.39 Å². The van der Waals surface area contributed by atoms with Crippen molar-refractivity contribution in [2.24, 2.45) is 5.73 Å². The van der Waals surface area contributed by atoms with Crippen LogP contribution in [-0.4, -0.2) is 0 Å². The van der Waals surface area contributed by atoms with E-state index in [2.05, 4.69) is 15.9 Å². The average molecular weight is 286 g/mol. The number of halogens is 2. The average Bonchev–Trinajstić information content (AvgIpc) is 2.59. The molecule has 0 atom stereocenters. The van der Waals surface area contributed by atoms with E-state index in [1.807, 2.05) is 11.4 Å². The van der Waals surface area contributed by atoms with Crippen molar-refractivity contribution in [1.29, 1.82) is 0 Å². The number of thiophene rings is 1. The van der Waals surface area contributed by atoms with Crippen molar-refractivity contribution in [1.82, 2.24) is 0 Å². The highest BCUT2D eigenvalue weighted by Gasteiger charge is 2.10. The molecule has 0 unspecified atom stereocenters. The van der Waals surface area contributed by atoms with E-state index in [1.165, 1.54) is 12.1 Å². The van der Waals surface area contributed by atoms with Gasteiger partial charge < -0.3 is 5.73 Å². The monoisotopic (exact) mass is 285 g/mol. The maximum absolute atomic E-state index is 13.1. The van der Waals surface area contributed by atoms with Crippen LogP contribution in [0.5, 0.6) is 0 Å². The van der Waals surface area contributed by atoms with E-state index in [9.17, 15) is 4.39 Å². The lowest BCUT2D eigenvalue weighted by atomic mass is 10.0. The molecule has 1 aromatic heterocycles. The lowest BCUT2D eigenvalue weighted by Gasteiger charge is -2.02. The summed E-state index contributed by atoms with van der Waals surface area (Å²) in [6, 6.07) is 6.55. The smallest absolute Gasteiger partial charge is 0.123 e. The number of nitrogens with two attached hydrogens (primary N) is 1. The predicted molar refractivity (Wildman–Crippen MR) is 65.3 cm³/mol. The molecule has 2 N–H and O–H groups in total. The fourth-order valence-electron chi connectivity index (χ4n) is 1.45. The summed E-state index contributed by atoms with van der Waals surface area (Å²) in [7, 11) is 0. The van der Waals surface area contributed by atoms with Gasteiger partial charge in [0.2, 0.25) is 0 Å². The van der Waals surface area contributed by atoms with Crippen LogP contribution in [-0.2, 0) is 6.54 Å². The van der Waals surface area contributed by atoms with Gasteiger partial charge in [0, 0.05) is 11.9 Å². The van der Waals surface area contributed by atoms with Crippen LogP contribution in [0.1, 0.15) is 5.56 Å². The second-order valence-corrected chi connectivity index (χ2v) is 5.31. The van der Waals surface area contributed by atoms with E-state index < -0.39 is 0 Å². The Kier molecular flexibility index (Phi) is 3.19. The van der Waals surface area contributed by atoms with Crippen molar-refractivity contribution in [2.45, 2.75) is 6.54 Å². The first-order chi connectivity index (χ1) is 7.22. The van der Waals surface area contributed by atoms with Crippen molar-refractivity contribution in [3.8, 4) is 11.1 Å². The molecule has 78 valence electrons. The molecule has 0 radical (unpaired) electrons. The summed E-state index contributed by atoms with van der Waals surface area (Å²) in [6.07, 6.45) is 0. The van der Waals surface area contributed by atoms with Crippen LogP contribution >= 0.6 is 27.3 Å². The zero-order valence-corrected chi connectivity index (χ0v) is 10.2. The van der Waals surface area contributed by atoms with Crippen molar-refractivity contribution >= 4 is 27.3 Å². The summed E-state index contributed by atoms with van der Waals surface area (Å²) in [6.45, 7) is 0.454. The van der Waals surface area contributed by atoms with Crippen molar-refractivity contribution in [2.75, 3.05) is 0 Å². The number of rotatable bonds is 2. The number of hydrogen-bond acceptors (Lipinski definition) is 2. The summed E-state index contributed by atoms with van der Waals surface area (Å²) in [5.74, 6) is -0.224. The van der Waals surface area contributed by atoms with E-state index in [0.29, 0.717) is 6.54 Å². The Morgan fingerprint density at radius 2 is 2.20 bits per heavy atom. The van der Waals surface area contributed by atoms with Gasteiger partial charge in [0.05, 0.1) is 3.79 Å². The first-order valence-corrected chi connectivity index (χ1v) is 6.11. The van der Waals surface area contributed by atoms with Crippen LogP contribution in [0.25, 0.3) is 11.1 Å².